The molecular formula is C86H91Cl7F2N8O4. The molecule has 4 aromatic heterocycles. The highest BCUT2D eigenvalue weighted by molar-refractivity contribution is 6.33. The Balaban J connectivity index is 0.000000126. The lowest BCUT2D eigenvalue weighted by molar-refractivity contribution is 0.0378. The third kappa shape index (κ3) is 16.6. The van der Waals surface area contributed by atoms with Crippen LogP contribution in [0.25, 0.3) is 43.6 Å². The van der Waals surface area contributed by atoms with Crippen LogP contribution in [-0.2, 0) is 100 Å². The molecule has 12 nitrogen and oxygen atoms in total. The lowest BCUT2D eigenvalue weighted by atomic mass is 9.94. The maximum atomic E-state index is 13.9. The Bertz CT molecular complexity index is 4960. The molecule has 4 atom stereocenters. The van der Waals surface area contributed by atoms with E-state index in [9.17, 15) is 29.2 Å². The number of hydrogen-bond donors (Lipinski definition) is 4. The van der Waals surface area contributed by atoms with Crippen molar-refractivity contribution in [2.75, 3.05) is 54.4 Å². The number of rotatable bonds is 12. The van der Waals surface area contributed by atoms with Crippen LogP contribution in [0.15, 0.2) is 152 Å². The van der Waals surface area contributed by atoms with E-state index < -0.39 is 28.2 Å². The molecule has 0 bridgehead atoms. The van der Waals surface area contributed by atoms with Crippen LogP contribution in [-0.4, -0.2) is 113 Å². The fourth-order valence-electron chi connectivity index (χ4n) is 16.1. The van der Waals surface area contributed by atoms with E-state index in [1.807, 2.05) is 124 Å². The summed E-state index contributed by atoms with van der Waals surface area (Å²) in [4.78, 5) is 9.23. The largest absolute Gasteiger partial charge is 0.384 e. The average molecular weight is 1590 g/mol. The van der Waals surface area contributed by atoms with Gasteiger partial charge in [-0.1, -0.05) is 124 Å². The molecule has 21 heteroatoms. The van der Waals surface area contributed by atoms with Crippen molar-refractivity contribution in [3.63, 3.8) is 0 Å². The summed E-state index contributed by atoms with van der Waals surface area (Å²) in [6.45, 7) is 20.1. The molecule has 0 saturated carbocycles. The molecule has 0 saturated heterocycles. The lowest BCUT2D eigenvalue weighted by Crippen LogP contribution is -2.31. The van der Waals surface area contributed by atoms with Crippen LogP contribution in [0.3, 0.4) is 0 Å². The predicted molar refractivity (Wildman–Crippen MR) is 436 cm³/mol. The molecule has 16 rings (SSSR count). The van der Waals surface area contributed by atoms with Crippen LogP contribution in [0.2, 0.25) is 35.2 Å². The molecule has 107 heavy (non-hydrogen) atoms. The molecule has 0 fully saturated rings. The molecule has 4 aliphatic rings. The Kier molecular flexibility index (Phi) is 23.0. The number of nitrogens with zero attached hydrogens (tertiary/aromatic N) is 8. The van der Waals surface area contributed by atoms with E-state index in [0.29, 0.717) is 47.4 Å². The van der Waals surface area contributed by atoms with Gasteiger partial charge in [0.1, 0.15) is 34.0 Å². The SMILES string of the molecule is CN1CCc2c(c3cc(Cl)ccc3n2CC(C)(O)c2ccc(Cl)c(F)c2)C1.CN1CCc2c(c3cc(Cl)ccc3n2CC(C)(O)c2ccc(Cl)cc2)C1.Cc1cc(C(C)(O)Cn2c3c(c4cc(Cl)ccc42)CN(C)CC3)ccc1Cl.Cc1cc(C(C)(O)Cn2c3c(c4cc(Cl)ccc42)CN(C)CC3)ccc1F. The third-order valence-corrected chi connectivity index (χ3v) is 24.0. The van der Waals surface area contributed by atoms with E-state index >= 15 is 0 Å². The first-order valence-electron chi connectivity index (χ1n) is 36.2. The Morgan fingerprint density at radius 1 is 0.318 bits per heavy atom. The number of halogens is 9. The molecule has 0 amide bonds. The van der Waals surface area contributed by atoms with E-state index in [4.69, 9.17) is 81.2 Å². The summed E-state index contributed by atoms with van der Waals surface area (Å²) in [6, 6.07) is 46.4. The van der Waals surface area contributed by atoms with E-state index in [2.05, 4.69) is 78.2 Å². The first-order valence-corrected chi connectivity index (χ1v) is 38.8. The smallest absolute Gasteiger partial charge is 0.142 e. The minimum atomic E-state index is -1.24. The first-order chi connectivity index (χ1) is 50.6. The zero-order valence-corrected chi connectivity index (χ0v) is 67.3. The van der Waals surface area contributed by atoms with Gasteiger partial charge in [0.2, 0.25) is 0 Å². The van der Waals surface area contributed by atoms with Gasteiger partial charge in [-0.05, 0) is 235 Å². The topological polar surface area (TPSA) is 114 Å². The van der Waals surface area contributed by atoms with Crippen LogP contribution in [0.4, 0.5) is 8.78 Å². The standard InChI is InChI=1S/C22H24Cl2N2O.C22H24ClFN2O.C21H21Cl2FN2O.C21H22Cl2N2O/c2*1-14-10-15(4-6-19(14)24)22(2,27)13-26-20-7-5-16(23)11-17(20)18-12-25(3)9-8-21(18)26;1-21(27,13-3-5-17(23)18(24)9-13)12-26-19-6-4-14(22)10-15(19)16-11-25(2)8-7-20(16)26;1-21(26,14-3-5-15(22)6-4-14)13-25-19-8-7-16(23)11-17(19)18-12-24(2)10-9-20(18)25/h2*4-7,10-11,27H,8-9,12-13H2,1-3H3;3-6,9-10,27H,7-8,11-12H2,1-2H3;3-8,11,26H,9-10,12-13H2,1-2H3. The Morgan fingerprint density at radius 2 is 0.589 bits per heavy atom. The summed E-state index contributed by atoms with van der Waals surface area (Å²) in [6.07, 6.45) is 3.75. The first kappa shape index (κ1) is 78.6. The normalized spacial score (nSPS) is 17.1. The molecule has 4 unspecified atom stereocenters. The minimum absolute atomic E-state index is 0.0519. The zero-order chi connectivity index (χ0) is 76.5. The van der Waals surface area contributed by atoms with Crippen LogP contribution in [0.5, 0.6) is 0 Å². The van der Waals surface area contributed by atoms with Gasteiger partial charge in [0.05, 0.1) is 31.2 Å². The van der Waals surface area contributed by atoms with Gasteiger partial charge in [0.25, 0.3) is 0 Å². The number of aryl methyl sites for hydroxylation is 2. The maximum absolute atomic E-state index is 13.9. The average Bonchev–Trinajstić information content (AvgIpc) is 1.62. The highest BCUT2D eigenvalue weighted by Crippen LogP contribution is 2.42. The van der Waals surface area contributed by atoms with E-state index in [1.54, 1.807) is 39.0 Å². The highest BCUT2D eigenvalue weighted by atomic mass is 35.5. The molecule has 12 aromatic rings. The van der Waals surface area contributed by atoms with Crippen LogP contribution >= 0.6 is 81.2 Å². The number of aliphatic hydroxyl groups is 4. The fraction of sp³-hybridized carbons (Fsp3) is 0.349. The Labute approximate surface area is 660 Å². The second kappa shape index (κ2) is 31.3. The molecule has 8 aromatic carbocycles. The maximum Gasteiger partial charge on any atom is 0.142 e. The zero-order valence-electron chi connectivity index (χ0n) is 62.0. The van der Waals surface area contributed by atoms with Crippen molar-refractivity contribution in [3.05, 3.63) is 277 Å². The van der Waals surface area contributed by atoms with Gasteiger partial charge in [-0.25, -0.2) is 8.78 Å². The van der Waals surface area contributed by atoms with Crippen molar-refractivity contribution in [3.8, 4) is 0 Å². The number of fused-ring (bicyclic) bond motifs is 12. The number of likely N-dealkylation sites (N-methyl/N-ethyl adjacent to an activating group) is 4. The van der Waals surface area contributed by atoms with Gasteiger partial charge in [-0.3, -0.25) is 0 Å². The van der Waals surface area contributed by atoms with E-state index in [1.165, 1.54) is 74.0 Å². The van der Waals surface area contributed by atoms with Crippen molar-refractivity contribution < 1.29 is 29.2 Å². The molecule has 562 valence electrons. The van der Waals surface area contributed by atoms with Crippen LogP contribution < -0.4 is 0 Å². The van der Waals surface area contributed by atoms with Gasteiger partial charge < -0.3 is 58.3 Å². The molecule has 4 N–H and O–H groups in total. The summed E-state index contributed by atoms with van der Waals surface area (Å²) in [5.41, 5.74) is 14.8. The van der Waals surface area contributed by atoms with Gasteiger partial charge in [0, 0.05) is 175 Å². The molecule has 8 heterocycles. The van der Waals surface area contributed by atoms with Crippen molar-refractivity contribution >= 4 is 125 Å². The summed E-state index contributed by atoms with van der Waals surface area (Å²) in [5.74, 6) is -0.779. The van der Waals surface area contributed by atoms with Crippen molar-refractivity contribution in [2.24, 2.45) is 0 Å². The number of benzene rings is 8. The molecule has 0 radical (unpaired) electrons. The fourth-order valence-corrected chi connectivity index (χ4v) is 17.2. The summed E-state index contributed by atoms with van der Waals surface area (Å²) in [7, 11) is 8.50. The van der Waals surface area contributed by atoms with Gasteiger partial charge in [-0.2, -0.15) is 0 Å². The van der Waals surface area contributed by atoms with Crippen molar-refractivity contribution in [1.82, 2.24) is 37.9 Å². The monoisotopic (exact) mass is 1580 g/mol. The minimum Gasteiger partial charge on any atom is -0.384 e. The highest BCUT2D eigenvalue weighted by Gasteiger charge is 2.35. The summed E-state index contributed by atoms with van der Waals surface area (Å²) in [5, 5.41) is 54.0. The molecule has 4 aliphatic heterocycles. The summed E-state index contributed by atoms with van der Waals surface area (Å²) >= 11 is 43.0. The number of aromatic nitrogens is 4. The molecule has 0 aliphatic carbocycles. The summed E-state index contributed by atoms with van der Waals surface area (Å²) < 4.78 is 36.5. The van der Waals surface area contributed by atoms with Crippen LogP contribution in [0.1, 0.15) is 106 Å². The van der Waals surface area contributed by atoms with Crippen molar-refractivity contribution in [2.45, 2.75) is 142 Å². The Morgan fingerprint density at radius 3 is 0.897 bits per heavy atom. The quantitative estimate of drug-likeness (QED) is 0.0957. The second-order valence-electron chi connectivity index (χ2n) is 30.8. The third-order valence-electron chi connectivity index (χ3n) is 22.1. The van der Waals surface area contributed by atoms with Gasteiger partial charge in [0.15, 0.2) is 0 Å². The van der Waals surface area contributed by atoms with Gasteiger partial charge >= 0.3 is 0 Å². The number of hydrogen-bond acceptors (Lipinski definition) is 8. The van der Waals surface area contributed by atoms with E-state index in [0.717, 1.165) is 153 Å². The molecule has 0 spiro atoms. The van der Waals surface area contributed by atoms with Gasteiger partial charge in [-0.15, -0.1) is 0 Å². The van der Waals surface area contributed by atoms with E-state index in [-0.39, 0.29) is 10.8 Å². The molecular weight excluding hydrogens is 1500 g/mol. The van der Waals surface area contributed by atoms with Crippen LogP contribution in [0, 0.1) is 25.5 Å². The lowest BCUT2D eigenvalue weighted by Gasteiger charge is -2.29. The second-order valence-corrected chi connectivity index (χ2v) is 33.8. The predicted octanol–water partition coefficient (Wildman–Crippen LogP) is 19.6. The Hall–Kier alpha value is -6.51. The van der Waals surface area contributed by atoms with Crippen molar-refractivity contribution in [1.29, 1.82) is 0 Å².